The van der Waals surface area contributed by atoms with Gasteiger partial charge in [0.15, 0.2) is 0 Å². The number of fused-ring (bicyclic) bond motifs is 3. The Hall–Kier alpha value is -0.290. The van der Waals surface area contributed by atoms with Gasteiger partial charge < -0.3 is 4.57 Å². The van der Waals surface area contributed by atoms with Gasteiger partial charge in [0.05, 0.1) is 16.9 Å². The van der Waals surface area contributed by atoms with Gasteiger partial charge in [0.2, 0.25) is 0 Å². The Morgan fingerprint density at radius 2 is 2.20 bits per heavy atom. The molecule has 2 bridgehead atoms. The molecule has 2 aliphatic rings. The van der Waals surface area contributed by atoms with E-state index in [9.17, 15) is 0 Å². The number of aromatic nitrogens is 2. The van der Waals surface area contributed by atoms with Crippen molar-refractivity contribution in [3.05, 3.63) is 27.6 Å². The minimum absolute atomic E-state index is 0.506. The maximum absolute atomic E-state index is 6.12. The number of imidazole rings is 1. The molecule has 0 spiro atoms. The van der Waals surface area contributed by atoms with Crippen LogP contribution in [0.15, 0.2) is 18.2 Å². The predicted molar refractivity (Wildman–Crippen MR) is 90.9 cm³/mol. The van der Waals surface area contributed by atoms with E-state index in [0.717, 1.165) is 35.6 Å². The molecule has 2 nitrogen and oxygen atoms in total. The van der Waals surface area contributed by atoms with Gasteiger partial charge in [0, 0.05) is 10.1 Å². The Morgan fingerprint density at radius 3 is 2.90 bits per heavy atom. The van der Waals surface area contributed by atoms with Crippen molar-refractivity contribution in [2.45, 2.75) is 38.1 Å². The third kappa shape index (κ3) is 2.17. The summed E-state index contributed by atoms with van der Waals surface area (Å²) in [5.74, 6) is 4.33. The average molecular weight is 401 g/mol. The first-order valence-electron chi connectivity index (χ1n) is 7.45. The lowest BCUT2D eigenvalue weighted by Gasteiger charge is -2.23. The van der Waals surface area contributed by atoms with Gasteiger partial charge in [-0.3, -0.25) is 0 Å². The number of halogens is 2. The van der Waals surface area contributed by atoms with E-state index in [2.05, 4.69) is 45.4 Å². The van der Waals surface area contributed by atoms with Crippen LogP contribution in [0.25, 0.3) is 11.0 Å². The normalized spacial score (nSPS) is 28.6. The summed E-state index contributed by atoms with van der Waals surface area (Å²) in [6.07, 6.45) is 5.78. The molecular formula is C16H18ClIN2. The minimum Gasteiger partial charge on any atom is -0.327 e. The van der Waals surface area contributed by atoms with Crippen molar-refractivity contribution >= 4 is 45.2 Å². The fourth-order valence-electron chi connectivity index (χ4n) is 4.29. The number of benzene rings is 1. The highest BCUT2D eigenvalue weighted by Crippen LogP contribution is 2.49. The third-order valence-corrected chi connectivity index (χ3v) is 6.12. The van der Waals surface area contributed by atoms with Crippen molar-refractivity contribution < 1.29 is 0 Å². The minimum atomic E-state index is 0.506. The smallest absolute Gasteiger partial charge is 0.124 e. The van der Waals surface area contributed by atoms with Crippen LogP contribution in [0.4, 0.5) is 0 Å². The number of nitrogens with zero attached hydrogens (tertiary/aromatic N) is 2. The van der Waals surface area contributed by atoms with Crippen molar-refractivity contribution in [2.75, 3.05) is 0 Å². The fourth-order valence-corrected chi connectivity index (χ4v) is 4.97. The first kappa shape index (κ1) is 13.4. The van der Waals surface area contributed by atoms with Crippen molar-refractivity contribution in [1.82, 2.24) is 9.55 Å². The lowest BCUT2D eigenvalue weighted by atomic mass is 9.89. The Morgan fingerprint density at radius 1 is 1.30 bits per heavy atom. The van der Waals surface area contributed by atoms with Gasteiger partial charge in [-0.1, -0.05) is 6.42 Å². The van der Waals surface area contributed by atoms with Crippen LogP contribution in [-0.2, 0) is 12.4 Å². The van der Waals surface area contributed by atoms with Gasteiger partial charge in [0.25, 0.3) is 0 Å². The van der Waals surface area contributed by atoms with Gasteiger partial charge >= 0.3 is 0 Å². The summed E-state index contributed by atoms with van der Waals surface area (Å²) < 4.78 is 3.62. The topological polar surface area (TPSA) is 17.8 Å². The highest BCUT2D eigenvalue weighted by atomic mass is 127. The van der Waals surface area contributed by atoms with Crippen LogP contribution in [0.2, 0.25) is 0 Å². The molecule has 3 atom stereocenters. The molecule has 1 aromatic carbocycles. The molecule has 0 aliphatic heterocycles. The summed E-state index contributed by atoms with van der Waals surface area (Å²) in [5, 5.41) is 0. The molecule has 2 fully saturated rings. The average Bonchev–Trinajstić information content (AvgIpc) is 3.12. The maximum Gasteiger partial charge on any atom is 0.124 e. The van der Waals surface area contributed by atoms with Crippen molar-refractivity contribution in [3.63, 3.8) is 0 Å². The molecule has 106 valence electrons. The Kier molecular flexibility index (Phi) is 3.45. The van der Waals surface area contributed by atoms with Crippen LogP contribution in [0.5, 0.6) is 0 Å². The molecule has 0 N–H and O–H groups in total. The molecule has 2 aliphatic carbocycles. The molecule has 1 aromatic heterocycles. The van der Waals surface area contributed by atoms with Crippen LogP contribution in [0.3, 0.4) is 0 Å². The summed E-state index contributed by atoms with van der Waals surface area (Å²) >= 11 is 8.47. The second kappa shape index (κ2) is 5.16. The highest BCUT2D eigenvalue weighted by molar-refractivity contribution is 14.1. The van der Waals surface area contributed by atoms with Gasteiger partial charge in [-0.05, 0) is 77.8 Å². The highest BCUT2D eigenvalue weighted by Gasteiger charge is 2.39. The van der Waals surface area contributed by atoms with E-state index in [0.29, 0.717) is 5.88 Å². The summed E-state index contributed by atoms with van der Waals surface area (Å²) in [7, 11) is 0. The van der Waals surface area contributed by atoms with E-state index in [1.807, 2.05) is 0 Å². The first-order valence-corrected chi connectivity index (χ1v) is 9.06. The summed E-state index contributed by atoms with van der Waals surface area (Å²) in [6.45, 7) is 1.11. The lowest BCUT2D eigenvalue weighted by molar-refractivity contribution is 0.296. The van der Waals surface area contributed by atoms with Gasteiger partial charge in [-0.2, -0.15) is 0 Å². The Bertz CT molecular complexity index is 651. The lowest BCUT2D eigenvalue weighted by Crippen LogP contribution is -2.18. The molecule has 2 aromatic rings. The zero-order chi connectivity index (χ0) is 13.7. The van der Waals surface area contributed by atoms with Crippen LogP contribution in [0, 0.1) is 21.3 Å². The third-order valence-electron chi connectivity index (χ3n) is 5.21. The van der Waals surface area contributed by atoms with Gasteiger partial charge in [-0.25, -0.2) is 4.98 Å². The molecule has 1 heterocycles. The maximum atomic E-state index is 6.12. The molecule has 4 rings (SSSR count). The van der Waals surface area contributed by atoms with Crippen LogP contribution in [-0.4, -0.2) is 9.55 Å². The molecule has 3 unspecified atom stereocenters. The molecule has 0 amide bonds. The van der Waals surface area contributed by atoms with Gasteiger partial charge in [0.1, 0.15) is 5.82 Å². The largest absolute Gasteiger partial charge is 0.327 e. The van der Waals surface area contributed by atoms with Crippen LogP contribution in [0.1, 0.15) is 31.5 Å². The van der Waals surface area contributed by atoms with E-state index < -0.39 is 0 Å². The molecule has 0 saturated heterocycles. The number of hydrogen-bond donors (Lipinski definition) is 0. The van der Waals surface area contributed by atoms with E-state index in [4.69, 9.17) is 16.6 Å². The number of hydrogen-bond acceptors (Lipinski definition) is 1. The van der Waals surface area contributed by atoms with Crippen LogP contribution >= 0.6 is 34.2 Å². The molecule has 20 heavy (non-hydrogen) atoms. The number of alkyl halides is 1. The second-order valence-electron chi connectivity index (χ2n) is 6.34. The molecular weight excluding hydrogens is 383 g/mol. The quantitative estimate of drug-likeness (QED) is 0.534. The van der Waals surface area contributed by atoms with E-state index in [1.165, 1.54) is 34.8 Å². The fraction of sp³-hybridized carbons (Fsp3) is 0.562. The van der Waals surface area contributed by atoms with Crippen molar-refractivity contribution in [3.8, 4) is 0 Å². The first-order chi connectivity index (χ1) is 9.74. The zero-order valence-corrected chi connectivity index (χ0v) is 14.3. The summed E-state index contributed by atoms with van der Waals surface area (Å²) in [4.78, 5) is 4.72. The second-order valence-corrected chi connectivity index (χ2v) is 7.85. The van der Waals surface area contributed by atoms with Crippen molar-refractivity contribution in [1.29, 1.82) is 0 Å². The predicted octanol–water partition coefficient (Wildman–Crippen LogP) is 4.82. The van der Waals surface area contributed by atoms with E-state index >= 15 is 0 Å². The Balaban J connectivity index is 1.71. The van der Waals surface area contributed by atoms with Crippen molar-refractivity contribution in [2.24, 2.45) is 17.8 Å². The van der Waals surface area contributed by atoms with Crippen LogP contribution < -0.4 is 0 Å². The molecule has 4 heteroatoms. The Labute approximate surface area is 138 Å². The summed E-state index contributed by atoms with van der Waals surface area (Å²) in [6, 6.07) is 6.52. The molecule has 2 saturated carbocycles. The molecule has 0 radical (unpaired) electrons. The summed E-state index contributed by atoms with van der Waals surface area (Å²) in [5.41, 5.74) is 2.35. The standard InChI is InChI=1S/C16H18ClIN2/c17-8-16-19-14-7-13(18)3-4-15(14)20(16)9-12-6-10-1-2-11(12)5-10/h3-4,7,10-12H,1-2,5-6,8-9H2. The van der Waals surface area contributed by atoms with Gasteiger partial charge in [-0.15, -0.1) is 11.6 Å². The van der Waals surface area contributed by atoms with E-state index in [-0.39, 0.29) is 0 Å². The SMILES string of the molecule is ClCc1nc2cc(I)ccc2n1CC1CC2CCC1C2. The number of rotatable bonds is 3. The van der Waals surface area contributed by atoms with E-state index in [1.54, 1.807) is 0 Å². The monoisotopic (exact) mass is 400 g/mol. The zero-order valence-electron chi connectivity index (χ0n) is 11.4.